The number of rotatable bonds is 2. The molecule has 0 atom stereocenters. The third-order valence-corrected chi connectivity index (χ3v) is 0.927. The van der Waals surface area contributed by atoms with Crippen molar-refractivity contribution in [3.05, 3.63) is 43.0 Å². The van der Waals surface area contributed by atoms with E-state index in [1.54, 1.807) is 30.3 Å². The largest absolute Gasteiger partial charge is 0.429 e. The molecule has 0 radical (unpaired) electrons. The number of primary amides is 2. The summed E-state index contributed by atoms with van der Waals surface area (Å²) >= 11 is 6.21. The summed E-state index contributed by atoms with van der Waals surface area (Å²) in [6, 6.07) is 8.90. The average Bonchev–Trinajstić information content (AvgIpc) is 2.30. The predicted molar refractivity (Wildman–Crippen MR) is 86.1 cm³/mol. The van der Waals surface area contributed by atoms with Crippen LogP contribution in [0.3, 0.4) is 0 Å². The Morgan fingerprint density at radius 1 is 1.15 bits per heavy atom. The van der Waals surface area contributed by atoms with E-state index in [1.165, 1.54) is 0 Å². The van der Waals surface area contributed by atoms with E-state index in [4.69, 9.17) is 9.59 Å². The summed E-state index contributed by atoms with van der Waals surface area (Å²) in [5.74, 6) is 0.576. The number of ether oxygens (including phenoxy) is 1. The molecular weight excluding hydrogens is 300 g/mol. The molecule has 1 rings (SSSR count). The molecule has 1 aromatic rings. The van der Waals surface area contributed by atoms with Crippen molar-refractivity contribution < 1.29 is 19.1 Å². The van der Waals surface area contributed by atoms with Crippen molar-refractivity contribution in [1.29, 1.82) is 0 Å². The number of nitrogens with two attached hydrogens (primary N) is 2. The van der Waals surface area contributed by atoms with Crippen molar-refractivity contribution in [3.8, 4) is 5.75 Å². The molecule has 6 nitrogen and oxygen atoms in total. The van der Waals surface area contributed by atoms with Crippen molar-refractivity contribution in [3.63, 3.8) is 0 Å². The summed E-state index contributed by atoms with van der Waals surface area (Å²) in [4.78, 5) is 27.9. The fourth-order valence-corrected chi connectivity index (χ4v) is 0.555. The number of hydrogen-bond donors (Lipinski definition) is 4. The summed E-state index contributed by atoms with van der Waals surface area (Å²) in [6.45, 7) is 5.66. The Labute approximate surface area is 129 Å². The molecule has 0 saturated carbocycles. The second-order valence-corrected chi connectivity index (χ2v) is 3.49. The van der Waals surface area contributed by atoms with Crippen LogP contribution in [0, 0.1) is 0 Å². The van der Waals surface area contributed by atoms with Gasteiger partial charge in [0.25, 0.3) is 17.0 Å². The molecule has 0 aromatic heterocycles. The zero-order valence-electron chi connectivity index (χ0n) is 10.9. The van der Waals surface area contributed by atoms with Gasteiger partial charge in [0.05, 0.1) is 0 Å². The van der Waals surface area contributed by atoms with E-state index >= 15 is 0 Å². The molecule has 8 heteroatoms. The quantitative estimate of drug-likeness (QED) is 0.381. The lowest BCUT2D eigenvalue weighted by Gasteiger charge is -1.92. The van der Waals surface area contributed by atoms with Gasteiger partial charge in [0, 0.05) is 0 Å². The minimum atomic E-state index is -0.639. The van der Waals surface area contributed by atoms with Crippen LogP contribution >= 0.6 is 25.3 Å². The monoisotopic (exact) mass is 318 g/mol. The van der Waals surface area contributed by atoms with E-state index in [0.717, 1.165) is 0 Å². The third-order valence-electron chi connectivity index (χ3n) is 0.927. The molecule has 0 aliphatic heterocycles. The molecule has 0 heterocycles. The first kappa shape index (κ1) is 23.2. The van der Waals surface area contributed by atoms with Crippen molar-refractivity contribution in [2.45, 2.75) is 6.92 Å². The lowest BCUT2D eigenvalue weighted by molar-refractivity contribution is -0.120. The van der Waals surface area contributed by atoms with Crippen molar-refractivity contribution in [1.82, 2.24) is 0 Å². The molecular formula is C12H18N2O4S2. The van der Waals surface area contributed by atoms with Gasteiger partial charge in [-0.3, -0.25) is 14.4 Å². The predicted octanol–water partition coefficient (Wildman–Crippen LogP) is 2.40. The molecule has 0 fully saturated rings. The van der Waals surface area contributed by atoms with Gasteiger partial charge in [0.15, 0.2) is 0 Å². The fraction of sp³-hybridized carbons (Fsp3) is 0.0833. The molecule has 2 amide bonds. The first-order chi connectivity index (χ1) is 9.31. The van der Waals surface area contributed by atoms with E-state index in [0.29, 0.717) is 12.2 Å². The molecule has 0 bridgehead atoms. The van der Waals surface area contributed by atoms with Crippen molar-refractivity contribution in [2.75, 3.05) is 0 Å². The van der Waals surface area contributed by atoms with Crippen LogP contribution in [0.4, 0.5) is 9.59 Å². The van der Waals surface area contributed by atoms with Crippen molar-refractivity contribution >= 4 is 42.2 Å². The second kappa shape index (κ2) is 19.4. The van der Waals surface area contributed by atoms with Crippen LogP contribution in [0.25, 0.3) is 0 Å². The van der Waals surface area contributed by atoms with Crippen LogP contribution in [0.15, 0.2) is 43.0 Å². The first-order valence-corrected chi connectivity index (χ1v) is 5.90. The van der Waals surface area contributed by atoms with Gasteiger partial charge >= 0.3 is 0 Å². The Hall–Kier alpha value is -1.93. The number of carbonyl (C=O) groups excluding carboxylic acids is 3. The summed E-state index contributed by atoms with van der Waals surface area (Å²) < 4.78 is 4.53. The molecule has 4 N–H and O–H groups in total. The normalized spacial score (nSPS) is 6.95. The SMILES string of the molecule is C=CC.NC(=O)S.NC(=O)S.O=COc1ccccc1. The summed E-state index contributed by atoms with van der Waals surface area (Å²) in [5.41, 5.74) is 8.67. The van der Waals surface area contributed by atoms with Gasteiger partial charge in [-0.05, 0) is 19.1 Å². The summed E-state index contributed by atoms with van der Waals surface area (Å²) in [5, 5.41) is -1.28. The van der Waals surface area contributed by atoms with Gasteiger partial charge in [-0.1, -0.05) is 49.5 Å². The maximum absolute atomic E-state index is 9.75. The molecule has 112 valence electrons. The molecule has 20 heavy (non-hydrogen) atoms. The molecule has 0 aliphatic carbocycles. The van der Waals surface area contributed by atoms with E-state index in [2.05, 4.69) is 48.0 Å². The Morgan fingerprint density at radius 2 is 1.45 bits per heavy atom. The number of hydrogen-bond acceptors (Lipinski definition) is 4. The smallest absolute Gasteiger partial charge is 0.298 e. The molecule has 0 spiro atoms. The van der Waals surface area contributed by atoms with Crippen molar-refractivity contribution in [2.24, 2.45) is 11.5 Å². The highest BCUT2D eigenvalue weighted by atomic mass is 32.1. The summed E-state index contributed by atoms with van der Waals surface area (Å²) in [6.07, 6.45) is 1.75. The minimum absolute atomic E-state index is 0.412. The third kappa shape index (κ3) is 44.4. The van der Waals surface area contributed by atoms with Gasteiger partial charge in [-0.25, -0.2) is 0 Å². The molecule has 0 aliphatic rings. The van der Waals surface area contributed by atoms with Crippen LogP contribution < -0.4 is 16.2 Å². The summed E-state index contributed by atoms with van der Waals surface area (Å²) in [7, 11) is 0. The van der Waals surface area contributed by atoms with E-state index in [9.17, 15) is 4.79 Å². The van der Waals surface area contributed by atoms with E-state index in [1.807, 2.05) is 13.0 Å². The molecule has 1 aromatic carbocycles. The highest BCUT2D eigenvalue weighted by Crippen LogP contribution is 2.05. The topological polar surface area (TPSA) is 112 Å². The maximum atomic E-state index is 9.75. The number of carbonyl (C=O) groups is 3. The average molecular weight is 318 g/mol. The van der Waals surface area contributed by atoms with Crippen LogP contribution in [0.2, 0.25) is 0 Å². The zero-order valence-corrected chi connectivity index (χ0v) is 12.7. The number of benzene rings is 1. The van der Waals surface area contributed by atoms with E-state index in [-0.39, 0.29) is 0 Å². The second-order valence-electron chi connectivity index (χ2n) is 2.61. The zero-order chi connectivity index (χ0) is 16.4. The number of para-hydroxylation sites is 1. The Morgan fingerprint density at radius 3 is 1.70 bits per heavy atom. The van der Waals surface area contributed by atoms with Crippen LogP contribution in [-0.4, -0.2) is 17.0 Å². The fourth-order valence-electron chi connectivity index (χ4n) is 0.555. The van der Waals surface area contributed by atoms with Gasteiger partial charge in [-0.15, -0.1) is 6.58 Å². The highest BCUT2D eigenvalue weighted by molar-refractivity contribution is 7.96. The van der Waals surface area contributed by atoms with Gasteiger partial charge in [-0.2, -0.15) is 0 Å². The van der Waals surface area contributed by atoms with Gasteiger partial charge in [0.1, 0.15) is 5.75 Å². The van der Waals surface area contributed by atoms with Gasteiger partial charge < -0.3 is 16.2 Å². The Bertz CT molecular complexity index is 366. The van der Waals surface area contributed by atoms with Gasteiger partial charge in [0.2, 0.25) is 0 Å². The number of amides is 2. The lowest BCUT2D eigenvalue weighted by Crippen LogP contribution is -1.95. The minimum Gasteiger partial charge on any atom is -0.429 e. The van der Waals surface area contributed by atoms with Crippen LogP contribution in [-0.2, 0) is 4.79 Å². The van der Waals surface area contributed by atoms with Crippen LogP contribution in [0.1, 0.15) is 6.92 Å². The maximum Gasteiger partial charge on any atom is 0.298 e. The number of thiol groups is 2. The Kier molecular flexibility index (Phi) is 22.5. The Balaban J connectivity index is -0.000000223. The standard InChI is InChI=1S/C7H6O2.C3H6.2CH3NOS/c8-6-9-7-4-2-1-3-5-7;1-3-2;2*2-1(3)4/h1-6H;3H,1H2,2H3;2*(H3,2,3,4). The molecule has 0 saturated heterocycles. The lowest BCUT2D eigenvalue weighted by atomic mass is 10.3. The van der Waals surface area contributed by atoms with E-state index < -0.39 is 10.5 Å². The highest BCUT2D eigenvalue weighted by Gasteiger charge is 1.84. The number of allylic oxidation sites excluding steroid dienone is 1. The molecule has 0 unspecified atom stereocenters. The first-order valence-electron chi connectivity index (χ1n) is 5.00. The van der Waals surface area contributed by atoms with Crippen LogP contribution in [0.5, 0.6) is 5.75 Å².